The Morgan fingerprint density at radius 2 is 1.88 bits per heavy atom. The van der Waals surface area contributed by atoms with Crippen LogP contribution in [0.25, 0.3) is 0 Å². The van der Waals surface area contributed by atoms with Gasteiger partial charge in [0.15, 0.2) is 0 Å². The SMILES string of the molecule is CCCNC(=O)CN(CC)CC(=O)OCC. The fourth-order valence-electron chi connectivity index (χ4n) is 1.19. The van der Waals surface area contributed by atoms with Gasteiger partial charge in [0.25, 0.3) is 0 Å². The summed E-state index contributed by atoms with van der Waals surface area (Å²) in [7, 11) is 0. The highest BCUT2D eigenvalue weighted by Crippen LogP contribution is 1.90. The number of nitrogens with zero attached hydrogens (tertiary/aromatic N) is 1. The first-order valence-corrected chi connectivity index (χ1v) is 5.78. The number of rotatable bonds is 8. The first kappa shape index (κ1) is 14.9. The van der Waals surface area contributed by atoms with Gasteiger partial charge in [0.1, 0.15) is 0 Å². The Morgan fingerprint density at radius 3 is 2.38 bits per heavy atom. The van der Waals surface area contributed by atoms with Crippen LogP contribution in [0, 0.1) is 0 Å². The molecule has 0 fully saturated rings. The maximum Gasteiger partial charge on any atom is 0.320 e. The van der Waals surface area contributed by atoms with E-state index in [1.165, 1.54) is 0 Å². The Hall–Kier alpha value is -1.10. The number of hydrogen-bond acceptors (Lipinski definition) is 4. The number of amides is 1. The summed E-state index contributed by atoms with van der Waals surface area (Å²) in [5.41, 5.74) is 0. The van der Waals surface area contributed by atoms with Gasteiger partial charge in [0.2, 0.25) is 5.91 Å². The average molecular weight is 230 g/mol. The molecule has 0 aliphatic carbocycles. The summed E-state index contributed by atoms with van der Waals surface area (Å²) < 4.78 is 4.82. The van der Waals surface area contributed by atoms with Gasteiger partial charge in [-0.2, -0.15) is 0 Å². The molecule has 5 heteroatoms. The van der Waals surface area contributed by atoms with Crippen LogP contribution in [-0.4, -0.2) is 49.6 Å². The number of carbonyl (C=O) groups excluding carboxylic acids is 2. The van der Waals surface area contributed by atoms with Gasteiger partial charge in [-0.25, -0.2) is 0 Å². The molecular formula is C11H22N2O3. The highest BCUT2D eigenvalue weighted by molar-refractivity contribution is 5.79. The number of ether oxygens (including phenoxy) is 1. The molecule has 94 valence electrons. The van der Waals surface area contributed by atoms with E-state index in [4.69, 9.17) is 4.74 Å². The molecule has 0 saturated carbocycles. The summed E-state index contributed by atoms with van der Waals surface area (Å²) in [4.78, 5) is 24.4. The largest absolute Gasteiger partial charge is 0.465 e. The summed E-state index contributed by atoms with van der Waals surface area (Å²) in [5, 5.41) is 2.77. The van der Waals surface area contributed by atoms with Crippen molar-refractivity contribution in [2.24, 2.45) is 0 Å². The predicted molar refractivity (Wildman–Crippen MR) is 62.0 cm³/mol. The summed E-state index contributed by atoms with van der Waals surface area (Å²) >= 11 is 0. The third kappa shape index (κ3) is 7.23. The Morgan fingerprint density at radius 1 is 1.19 bits per heavy atom. The first-order valence-electron chi connectivity index (χ1n) is 5.78. The van der Waals surface area contributed by atoms with Gasteiger partial charge in [-0.15, -0.1) is 0 Å². The van der Waals surface area contributed by atoms with Gasteiger partial charge < -0.3 is 10.1 Å². The molecule has 0 rings (SSSR count). The molecular weight excluding hydrogens is 208 g/mol. The minimum atomic E-state index is -0.285. The van der Waals surface area contributed by atoms with E-state index in [9.17, 15) is 9.59 Å². The Kier molecular flexibility index (Phi) is 8.52. The Labute approximate surface area is 97.1 Å². The second kappa shape index (κ2) is 9.15. The third-order valence-electron chi connectivity index (χ3n) is 2.04. The van der Waals surface area contributed by atoms with Crippen LogP contribution in [0.5, 0.6) is 0 Å². The van der Waals surface area contributed by atoms with Crippen LogP contribution >= 0.6 is 0 Å². The molecule has 1 N–H and O–H groups in total. The molecule has 1 amide bonds. The first-order chi connectivity index (χ1) is 7.63. The molecule has 0 aromatic heterocycles. The summed E-state index contributed by atoms with van der Waals surface area (Å²) in [6.07, 6.45) is 0.912. The quantitative estimate of drug-likeness (QED) is 0.613. The molecule has 0 saturated heterocycles. The molecule has 5 nitrogen and oxygen atoms in total. The van der Waals surface area contributed by atoms with Crippen molar-refractivity contribution in [2.45, 2.75) is 27.2 Å². The van der Waals surface area contributed by atoms with Crippen molar-refractivity contribution in [1.29, 1.82) is 0 Å². The standard InChI is InChI=1S/C11H22N2O3/c1-4-7-12-10(14)8-13(5-2)9-11(15)16-6-3/h4-9H2,1-3H3,(H,12,14). The van der Waals surface area contributed by atoms with Gasteiger partial charge in [-0.1, -0.05) is 13.8 Å². The molecule has 0 radical (unpaired) electrons. The number of esters is 1. The zero-order chi connectivity index (χ0) is 12.4. The molecule has 0 aliphatic rings. The number of likely N-dealkylation sites (N-methyl/N-ethyl adjacent to an activating group) is 1. The molecule has 0 spiro atoms. The number of nitrogens with one attached hydrogen (secondary N) is 1. The molecule has 0 aromatic rings. The summed E-state index contributed by atoms with van der Waals surface area (Å²) in [6, 6.07) is 0. The molecule has 0 heterocycles. The summed E-state index contributed by atoms with van der Waals surface area (Å²) in [5.74, 6) is -0.333. The van der Waals surface area contributed by atoms with Crippen LogP contribution in [0.3, 0.4) is 0 Å². The van der Waals surface area contributed by atoms with E-state index in [-0.39, 0.29) is 25.0 Å². The van der Waals surface area contributed by atoms with Crippen molar-refractivity contribution in [1.82, 2.24) is 10.2 Å². The second-order valence-corrected chi connectivity index (χ2v) is 3.46. The zero-order valence-corrected chi connectivity index (χ0v) is 10.4. The highest BCUT2D eigenvalue weighted by atomic mass is 16.5. The van der Waals surface area contributed by atoms with E-state index in [1.807, 2.05) is 13.8 Å². The minimum absolute atomic E-state index is 0.0481. The number of carbonyl (C=O) groups is 2. The van der Waals surface area contributed by atoms with E-state index >= 15 is 0 Å². The highest BCUT2D eigenvalue weighted by Gasteiger charge is 2.12. The van der Waals surface area contributed by atoms with Gasteiger partial charge in [0.05, 0.1) is 19.7 Å². The lowest BCUT2D eigenvalue weighted by Crippen LogP contribution is -2.40. The molecule has 0 aliphatic heterocycles. The molecule has 0 aromatic carbocycles. The smallest absolute Gasteiger partial charge is 0.320 e. The Balaban J connectivity index is 3.90. The third-order valence-corrected chi connectivity index (χ3v) is 2.04. The molecule has 0 unspecified atom stereocenters. The van der Waals surface area contributed by atoms with Crippen LogP contribution in [0.2, 0.25) is 0 Å². The van der Waals surface area contributed by atoms with E-state index in [0.29, 0.717) is 19.7 Å². The monoisotopic (exact) mass is 230 g/mol. The Bertz CT molecular complexity index is 219. The maximum absolute atomic E-state index is 11.4. The van der Waals surface area contributed by atoms with Gasteiger partial charge in [-0.3, -0.25) is 14.5 Å². The van der Waals surface area contributed by atoms with Crippen LogP contribution in [0.1, 0.15) is 27.2 Å². The van der Waals surface area contributed by atoms with Crippen LogP contribution < -0.4 is 5.32 Å². The van der Waals surface area contributed by atoms with Crippen molar-refractivity contribution >= 4 is 11.9 Å². The van der Waals surface area contributed by atoms with E-state index in [1.54, 1.807) is 11.8 Å². The molecule has 16 heavy (non-hydrogen) atoms. The molecule has 0 bridgehead atoms. The van der Waals surface area contributed by atoms with Gasteiger partial charge >= 0.3 is 5.97 Å². The van der Waals surface area contributed by atoms with Crippen LogP contribution in [0.4, 0.5) is 0 Å². The minimum Gasteiger partial charge on any atom is -0.465 e. The topological polar surface area (TPSA) is 58.6 Å². The van der Waals surface area contributed by atoms with Gasteiger partial charge in [0, 0.05) is 6.54 Å². The normalized spacial score (nSPS) is 10.2. The lowest BCUT2D eigenvalue weighted by molar-refractivity contribution is -0.144. The van der Waals surface area contributed by atoms with E-state index in [2.05, 4.69) is 5.32 Å². The average Bonchev–Trinajstić information content (AvgIpc) is 2.25. The second-order valence-electron chi connectivity index (χ2n) is 3.46. The summed E-state index contributed by atoms with van der Waals surface area (Å²) in [6.45, 7) is 7.79. The lowest BCUT2D eigenvalue weighted by atomic mass is 10.4. The van der Waals surface area contributed by atoms with E-state index < -0.39 is 0 Å². The van der Waals surface area contributed by atoms with E-state index in [0.717, 1.165) is 6.42 Å². The van der Waals surface area contributed by atoms with Crippen molar-refractivity contribution in [3.63, 3.8) is 0 Å². The zero-order valence-electron chi connectivity index (χ0n) is 10.4. The fourth-order valence-corrected chi connectivity index (χ4v) is 1.19. The lowest BCUT2D eigenvalue weighted by Gasteiger charge is -2.18. The predicted octanol–water partition coefficient (Wildman–Crippen LogP) is 0.398. The molecule has 0 atom stereocenters. The maximum atomic E-state index is 11.4. The fraction of sp³-hybridized carbons (Fsp3) is 0.818. The van der Waals surface area contributed by atoms with Crippen molar-refractivity contribution in [3.8, 4) is 0 Å². The van der Waals surface area contributed by atoms with Crippen molar-refractivity contribution in [2.75, 3.05) is 32.8 Å². The van der Waals surface area contributed by atoms with Gasteiger partial charge in [-0.05, 0) is 19.9 Å². The van der Waals surface area contributed by atoms with Crippen molar-refractivity contribution in [3.05, 3.63) is 0 Å². The van der Waals surface area contributed by atoms with Crippen LogP contribution in [0.15, 0.2) is 0 Å². The number of hydrogen-bond donors (Lipinski definition) is 1. The van der Waals surface area contributed by atoms with Crippen molar-refractivity contribution < 1.29 is 14.3 Å². The van der Waals surface area contributed by atoms with Crippen LogP contribution in [-0.2, 0) is 14.3 Å².